The number of nitrogens with one attached hydrogen (secondary N) is 1. The van der Waals surface area contributed by atoms with E-state index in [0.717, 1.165) is 10.5 Å². The molecule has 2 aromatic carbocycles. The van der Waals surface area contributed by atoms with Crippen molar-refractivity contribution in [1.82, 2.24) is 9.78 Å². The zero-order valence-corrected chi connectivity index (χ0v) is 19.6. The van der Waals surface area contributed by atoms with Crippen LogP contribution in [0.15, 0.2) is 58.2 Å². The van der Waals surface area contributed by atoms with Crippen LogP contribution in [-0.4, -0.2) is 21.8 Å². The van der Waals surface area contributed by atoms with Crippen LogP contribution < -0.4 is 10.9 Å². The smallest absolute Gasteiger partial charge is 0.291 e. The number of ketones is 1. The summed E-state index contributed by atoms with van der Waals surface area (Å²) in [5.41, 5.74) is 1.59. The first-order chi connectivity index (χ1) is 15.4. The van der Waals surface area contributed by atoms with Gasteiger partial charge in [-0.05, 0) is 56.4 Å². The number of rotatable bonds is 9. The molecule has 0 unspecified atom stereocenters. The highest BCUT2D eigenvalue weighted by atomic mass is 32.2. The number of carbonyl (C=O) groups excluding carboxylic acids is 1. The Bertz CT molecular complexity index is 1150. The number of hydrogen-bond acceptors (Lipinski definition) is 5. The second-order valence-electron chi connectivity index (χ2n) is 7.46. The van der Waals surface area contributed by atoms with Crippen LogP contribution >= 0.6 is 11.8 Å². The molecule has 1 N–H and O–H groups in total. The molecule has 1 heterocycles. The molecule has 0 aliphatic heterocycles. The SMILES string of the molecule is CCC(CC)C(=O)c1c(-c2ccc(SC)cc2)nn(CC)c(=O)c1Nc1cccc(F)c1. The van der Waals surface area contributed by atoms with Gasteiger partial charge < -0.3 is 5.32 Å². The number of hydrogen-bond donors (Lipinski definition) is 1. The van der Waals surface area contributed by atoms with Gasteiger partial charge in [-0.3, -0.25) is 9.59 Å². The van der Waals surface area contributed by atoms with Crippen LogP contribution in [0.25, 0.3) is 11.3 Å². The number of nitrogens with zero attached hydrogens (tertiary/aromatic N) is 2. The van der Waals surface area contributed by atoms with E-state index in [4.69, 9.17) is 0 Å². The van der Waals surface area contributed by atoms with Gasteiger partial charge in [0, 0.05) is 28.6 Å². The van der Waals surface area contributed by atoms with Crippen molar-refractivity contribution in [3.8, 4) is 11.3 Å². The predicted molar refractivity (Wildman–Crippen MR) is 129 cm³/mol. The molecule has 32 heavy (non-hydrogen) atoms. The number of aryl methyl sites for hydroxylation is 1. The minimum atomic E-state index is -0.430. The number of Topliss-reactive ketones (excluding diaryl/α,β-unsaturated/α-hetero) is 1. The fraction of sp³-hybridized carbons (Fsp3) is 0.320. The second-order valence-corrected chi connectivity index (χ2v) is 8.34. The summed E-state index contributed by atoms with van der Waals surface area (Å²) in [4.78, 5) is 28.0. The third-order valence-electron chi connectivity index (χ3n) is 5.52. The van der Waals surface area contributed by atoms with E-state index in [0.29, 0.717) is 30.8 Å². The molecule has 1 aromatic heterocycles. The van der Waals surface area contributed by atoms with E-state index in [2.05, 4.69) is 10.4 Å². The highest BCUT2D eigenvalue weighted by Gasteiger charge is 2.28. The zero-order chi connectivity index (χ0) is 23.3. The van der Waals surface area contributed by atoms with Gasteiger partial charge >= 0.3 is 0 Å². The van der Waals surface area contributed by atoms with E-state index in [9.17, 15) is 14.0 Å². The summed E-state index contributed by atoms with van der Waals surface area (Å²) in [7, 11) is 0. The summed E-state index contributed by atoms with van der Waals surface area (Å²) in [6, 6.07) is 13.6. The summed E-state index contributed by atoms with van der Waals surface area (Å²) in [6.45, 7) is 6.08. The Kier molecular flexibility index (Phi) is 7.85. The van der Waals surface area contributed by atoms with Crippen LogP contribution in [0.2, 0.25) is 0 Å². The average Bonchev–Trinajstić information content (AvgIpc) is 2.81. The van der Waals surface area contributed by atoms with Gasteiger partial charge in [0.15, 0.2) is 5.78 Å². The minimum Gasteiger partial charge on any atom is -0.350 e. The van der Waals surface area contributed by atoms with E-state index in [1.165, 1.54) is 16.8 Å². The van der Waals surface area contributed by atoms with Crippen molar-refractivity contribution in [1.29, 1.82) is 0 Å². The third-order valence-corrected chi connectivity index (χ3v) is 6.26. The first-order valence-electron chi connectivity index (χ1n) is 10.8. The van der Waals surface area contributed by atoms with Gasteiger partial charge in [0.25, 0.3) is 5.56 Å². The Morgan fingerprint density at radius 1 is 1.12 bits per heavy atom. The van der Waals surface area contributed by atoms with E-state index < -0.39 is 11.4 Å². The number of benzene rings is 2. The summed E-state index contributed by atoms with van der Waals surface area (Å²) < 4.78 is 15.2. The van der Waals surface area contributed by atoms with E-state index in [1.807, 2.05) is 51.3 Å². The molecule has 0 saturated heterocycles. The second kappa shape index (κ2) is 10.6. The maximum atomic E-state index is 13.8. The fourth-order valence-electron chi connectivity index (χ4n) is 3.67. The maximum absolute atomic E-state index is 13.8. The van der Waals surface area contributed by atoms with E-state index in [1.54, 1.807) is 23.9 Å². The molecule has 0 fully saturated rings. The maximum Gasteiger partial charge on any atom is 0.291 e. The molecule has 0 amide bonds. The molecule has 3 rings (SSSR count). The number of carbonyl (C=O) groups is 1. The molecule has 0 bridgehead atoms. The summed E-state index contributed by atoms with van der Waals surface area (Å²) in [5.74, 6) is -0.808. The molecule has 0 radical (unpaired) electrons. The normalized spacial score (nSPS) is 11.1. The quantitative estimate of drug-likeness (QED) is 0.311. The van der Waals surface area contributed by atoms with E-state index >= 15 is 0 Å². The third kappa shape index (κ3) is 4.93. The summed E-state index contributed by atoms with van der Waals surface area (Å²) in [5, 5.41) is 7.61. The van der Waals surface area contributed by atoms with Crippen LogP contribution in [0, 0.1) is 11.7 Å². The number of aromatic nitrogens is 2. The Hall–Kier alpha value is -2.93. The van der Waals surface area contributed by atoms with Crippen LogP contribution in [0.4, 0.5) is 15.8 Å². The highest BCUT2D eigenvalue weighted by molar-refractivity contribution is 7.98. The average molecular weight is 454 g/mol. The zero-order valence-electron chi connectivity index (χ0n) is 18.8. The number of thioether (sulfide) groups is 1. The van der Waals surface area contributed by atoms with Crippen LogP contribution in [0.3, 0.4) is 0 Å². The Morgan fingerprint density at radius 2 is 1.81 bits per heavy atom. The lowest BCUT2D eigenvalue weighted by molar-refractivity contribution is 0.0914. The van der Waals surface area contributed by atoms with Gasteiger partial charge in [0.1, 0.15) is 17.2 Å². The molecule has 0 saturated carbocycles. The number of halogens is 1. The molecule has 168 valence electrons. The lowest BCUT2D eigenvalue weighted by Gasteiger charge is -2.20. The van der Waals surface area contributed by atoms with Crippen LogP contribution in [-0.2, 0) is 6.54 Å². The lowest BCUT2D eigenvalue weighted by Crippen LogP contribution is -2.30. The van der Waals surface area contributed by atoms with Gasteiger partial charge in [-0.1, -0.05) is 32.0 Å². The van der Waals surface area contributed by atoms with E-state index in [-0.39, 0.29) is 23.0 Å². The van der Waals surface area contributed by atoms with Crippen molar-refractivity contribution in [2.24, 2.45) is 5.92 Å². The van der Waals surface area contributed by atoms with Gasteiger partial charge in [-0.25, -0.2) is 9.07 Å². The summed E-state index contributed by atoms with van der Waals surface area (Å²) >= 11 is 1.62. The largest absolute Gasteiger partial charge is 0.350 e. The Labute approximate surface area is 192 Å². The standard InChI is InChI=1S/C25H28FN3O2S/c1-5-16(6-2)24(30)21-22(17-11-13-20(32-4)14-12-17)28-29(7-3)25(31)23(21)27-19-10-8-9-18(26)15-19/h8-16,27H,5-7H2,1-4H3. The molecule has 3 aromatic rings. The molecule has 0 aliphatic carbocycles. The van der Waals surface area contributed by atoms with Gasteiger partial charge in [0.05, 0.1) is 5.56 Å². The molecule has 5 nitrogen and oxygen atoms in total. The Morgan fingerprint density at radius 3 is 2.38 bits per heavy atom. The molecule has 0 aliphatic rings. The molecular weight excluding hydrogens is 425 g/mol. The van der Waals surface area contributed by atoms with Gasteiger partial charge in [-0.15, -0.1) is 11.8 Å². The van der Waals surface area contributed by atoms with Crippen molar-refractivity contribution in [2.75, 3.05) is 11.6 Å². The minimum absolute atomic E-state index is 0.133. The predicted octanol–water partition coefficient (Wildman–Crippen LogP) is 6.15. The van der Waals surface area contributed by atoms with Crippen molar-refractivity contribution in [3.63, 3.8) is 0 Å². The van der Waals surface area contributed by atoms with Crippen LogP contribution in [0.5, 0.6) is 0 Å². The number of anilines is 2. The molecular formula is C25H28FN3O2S. The molecule has 0 atom stereocenters. The highest BCUT2D eigenvalue weighted by Crippen LogP contribution is 2.32. The van der Waals surface area contributed by atoms with Crippen molar-refractivity contribution in [3.05, 3.63) is 70.3 Å². The van der Waals surface area contributed by atoms with Crippen molar-refractivity contribution >= 4 is 28.9 Å². The fourth-order valence-corrected chi connectivity index (χ4v) is 4.07. The van der Waals surface area contributed by atoms with Gasteiger partial charge in [-0.2, -0.15) is 5.10 Å². The monoisotopic (exact) mass is 453 g/mol. The molecule has 7 heteroatoms. The van der Waals surface area contributed by atoms with Crippen molar-refractivity contribution in [2.45, 2.75) is 45.1 Å². The van der Waals surface area contributed by atoms with Crippen molar-refractivity contribution < 1.29 is 9.18 Å². The topological polar surface area (TPSA) is 64.0 Å². The lowest BCUT2D eigenvalue weighted by atomic mass is 9.90. The van der Waals surface area contributed by atoms with Gasteiger partial charge in [0.2, 0.25) is 0 Å². The van der Waals surface area contributed by atoms with Crippen LogP contribution in [0.1, 0.15) is 44.0 Å². The molecule has 0 spiro atoms. The first kappa shape index (κ1) is 23.7. The Balaban J connectivity index is 2.31. The first-order valence-corrected chi connectivity index (χ1v) is 12.0. The summed E-state index contributed by atoms with van der Waals surface area (Å²) in [6.07, 6.45) is 3.29.